The molecule has 4 nitrogen and oxygen atoms in total. The minimum Gasteiger partial charge on any atom is -0.309 e. The van der Waals surface area contributed by atoms with Crippen LogP contribution in [0.25, 0.3) is 0 Å². The molecule has 2 rings (SSSR count). The van der Waals surface area contributed by atoms with Crippen molar-refractivity contribution in [1.29, 1.82) is 5.26 Å². The van der Waals surface area contributed by atoms with Crippen LogP contribution in [0.4, 0.5) is 10.1 Å². The van der Waals surface area contributed by atoms with Crippen LogP contribution in [0.2, 0.25) is 0 Å². The molecule has 1 fully saturated rings. The summed E-state index contributed by atoms with van der Waals surface area (Å²) >= 11 is 3.24. The highest BCUT2D eigenvalue weighted by Crippen LogP contribution is 2.29. The minimum atomic E-state index is -0.832. The average molecular weight is 339 g/mol. The molecule has 1 atom stereocenters. The van der Waals surface area contributed by atoms with Gasteiger partial charge in [-0.1, -0.05) is 15.9 Å². The van der Waals surface area contributed by atoms with Gasteiger partial charge in [0.05, 0.1) is 24.1 Å². The second kappa shape index (κ2) is 6.14. The Balaban J connectivity index is 2.29. The van der Waals surface area contributed by atoms with Gasteiger partial charge in [-0.25, -0.2) is 4.39 Å². The normalized spacial score (nSPS) is 18.8. The van der Waals surface area contributed by atoms with Crippen molar-refractivity contribution < 1.29 is 14.0 Å². The van der Waals surface area contributed by atoms with E-state index in [9.17, 15) is 14.0 Å². The topological polar surface area (TPSA) is 61.2 Å². The van der Waals surface area contributed by atoms with Crippen molar-refractivity contribution in [2.45, 2.75) is 19.3 Å². The van der Waals surface area contributed by atoms with E-state index in [4.69, 9.17) is 5.26 Å². The van der Waals surface area contributed by atoms with Crippen molar-refractivity contribution in [3.05, 3.63) is 28.5 Å². The molecular weight excluding hydrogens is 327 g/mol. The lowest BCUT2D eigenvalue weighted by atomic mass is 9.91. The van der Waals surface area contributed by atoms with Crippen LogP contribution in [-0.4, -0.2) is 18.2 Å². The number of Topliss-reactive ketones (excluding diaryl/α,β-unsaturated/α-hetero) is 1. The van der Waals surface area contributed by atoms with E-state index < -0.39 is 23.4 Å². The SMILES string of the molecule is N#CCC(=O)[C@@H]1CCCN(c2cc(Br)ccc2F)C1=O. The quantitative estimate of drug-likeness (QED) is 0.796. The Labute approximate surface area is 124 Å². The van der Waals surface area contributed by atoms with E-state index in [0.717, 1.165) is 0 Å². The number of amides is 1. The molecule has 0 unspecified atom stereocenters. The Hall–Kier alpha value is -1.74. The monoisotopic (exact) mass is 338 g/mol. The van der Waals surface area contributed by atoms with Crippen molar-refractivity contribution in [2.75, 3.05) is 11.4 Å². The summed E-state index contributed by atoms with van der Waals surface area (Å²) in [6, 6.07) is 6.10. The number of hydrogen-bond acceptors (Lipinski definition) is 3. The van der Waals surface area contributed by atoms with Crippen LogP contribution in [0.15, 0.2) is 22.7 Å². The number of halogens is 2. The standard InChI is InChI=1S/C14H12BrFN2O2/c15-9-3-4-11(16)12(8-9)18-7-1-2-10(14(18)20)13(19)5-6-17/h3-4,8,10H,1-2,5,7H2/t10-/m0/s1. The van der Waals surface area contributed by atoms with E-state index in [2.05, 4.69) is 15.9 Å². The zero-order chi connectivity index (χ0) is 14.7. The number of piperidine rings is 1. The molecular formula is C14H12BrFN2O2. The maximum atomic E-state index is 13.9. The second-order valence-electron chi connectivity index (χ2n) is 4.58. The number of carbonyl (C=O) groups excluding carboxylic acids is 2. The Morgan fingerprint density at radius 3 is 3.00 bits per heavy atom. The number of nitrogens with zero attached hydrogens (tertiary/aromatic N) is 2. The molecule has 0 aromatic heterocycles. The van der Waals surface area contributed by atoms with E-state index in [0.29, 0.717) is 23.9 Å². The zero-order valence-electron chi connectivity index (χ0n) is 10.6. The molecule has 1 aromatic carbocycles. The van der Waals surface area contributed by atoms with Crippen LogP contribution in [0.1, 0.15) is 19.3 Å². The molecule has 1 heterocycles. The van der Waals surface area contributed by atoms with E-state index in [1.165, 1.54) is 17.0 Å². The molecule has 0 aliphatic carbocycles. The summed E-state index contributed by atoms with van der Waals surface area (Å²) < 4.78 is 14.5. The van der Waals surface area contributed by atoms with Gasteiger partial charge in [-0.3, -0.25) is 9.59 Å². The molecule has 104 valence electrons. The molecule has 0 bridgehead atoms. The first-order chi connectivity index (χ1) is 9.54. The number of anilines is 1. The molecule has 1 aromatic rings. The van der Waals surface area contributed by atoms with Gasteiger partial charge in [-0.15, -0.1) is 0 Å². The number of nitriles is 1. The van der Waals surface area contributed by atoms with Crippen LogP contribution >= 0.6 is 15.9 Å². The molecule has 0 spiro atoms. The lowest BCUT2D eigenvalue weighted by molar-refractivity contribution is -0.133. The summed E-state index contributed by atoms with van der Waals surface area (Å²) in [5.74, 6) is -2.15. The third kappa shape index (κ3) is 2.88. The van der Waals surface area contributed by atoms with E-state index in [1.54, 1.807) is 12.1 Å². The number of rotatable bonds is 3. The predicted octanol–water partition coefficient (Wildman–Crippen LogP) is 2.81. The number of hydrogen-bond donors (Lipinski definition) is 0. The summed E-state index contributed by atoms with van der Waals surface area (Å²) in [4.78, 5) is 25.4. The van der Waals surface area contributed by atoms with Gasteiger partial charge >= 0.3 is 0 Å². The number of benzene rings is 1. The molecule has 0 N–H and O–H groups in total. The van der Waals surface area contributed by atoms with Gasteiger partial charge in [0, 0.05) is 11.0 Å². The smallest absolute Gasteiger partial charge is 0.237 e. The molecule has 1 aliphatic heterocycles. The molecule has 1 saturated heterocycles. The molecule has 0 radical (unpaired) electrons. The zero-order valence-corrected chi connectivity index (χ0v) is 12.2. The van der Waals surface area contributed by atoms with Crippen molar-refractivity contribution in [2.24, 2.45) is 5.92 Å². The van der Waals surface area contributed by atoms with E-state index in [-0.39, 0.29) is 12.1 Å². The fourth-order valence-electron chi connectivity index (χ4n) is 2.31. The molecule has 1 amide bonds. The maximum Gasteiger partial charge on any atom is 0.237 e. The Bertz CT molecular complexity index is 597. The van der Waals surface area contributed by atoms with Crippen molar-refractivity contribution >= 4 is 33.3 Å². The van der Waals surface area contributed by atoms with Crippen LogP contribution in [0.5, 0.6) is 0 Å². The van der Waals surface area contributed by atoms with E-state index in [1.807, 2.05) is 0 Å². The van der Waals surface area contributed by atoms with Crippen LogP contribution in [0.3, 0.4) is 0 Å². The molecule has 1 aliphatic rings. The third-order valence-corrected chi connectivity index (χ3v) is 3.77. The minimum absolute atomic E-state index is 0.166. The van der Waals surface area contributed by atoms with Crippen molar-refractivity contribution in [3.63, 3.8) is 0 Å². The summed E-state index contributed by atoms with van der Waals surface area (Å²) in [6.07, 6.45) is 0.746. The molecule has 6 heteroatoms. The highest BCUT2D eigenvalue weighted by molar-refractivity contribution is 9.10. The van der Waals surface area contributed by atoms with Gasteiger partial charge in [-0.2, -0.15) is 5.26 Å². The Kier molecular flexibility index (Phi) is 4.50. The largest absolute Gasteiger partial charge is 0.309 e. The highest BCUT2D eigenvalue weighted by atomic mass is 79.9. The fourth-order valence-corrected chi connectivity index (χ4v) is 2.66. The Morgan fingerprint density at radius 2 is 2.30 bits per heavy atom. The van der Waals surface area contributed by atoms with Crippen LogP contribution in [0, 0.1) is 23.1 Å². The van der Waals surface area contributed by atoms with E-state index >= 15 is 0 Å². The lowest BCUT2D eigenvalue weighted by Crippen LogP contribution is -2.44. The fraction of sp³-hybridized carbons (Fsp3) is 0.357. The van der Waals surface area contributed by atoms with Crippen molar-refractivity contribution in [3.8, 4) is 6.07 Å². The predicted molar refractivity (Wildman–Crippen MR) is 74.4 cm³/mol. The van der Waals surface area contributed by atoms with Gasteiger partial charge in [0.25, 0.3) is 0 Å². The first kappa shape index (κ1) is 14.7. The third-order valence-electron chi connectivity index (χ3n) is 3.28. The Morgan fingerprint density at radius 1 is 1.55 bits per heavy atom. The first-order valence-electron chi connectivity index (χ1n) is 6.20. The van der Waals surface area contributed by atoms with Crippen LogP contribution in [-0.2, 0) is 9.59 Å². The summed E-state index contributed by atoms with van der Waals surface area (Å²) in [5.41, 5.74) is 0.166. The van der Waals surface area contributed by atoms with Gasteiger partial charge in [0.1, 0.15) is 5.82 Å². The molecule has 0 saturated carbocycles. The summed E-state index contributed by atoms with van der Waals surface area (Å²) in [7, 11) is 0. The van der Waals surface area contributed by atoms with Gasteiger partial charge in [0.2, 0.25) is 5.91 Å². The van der Waals surface area contributed by atoms with Gasteiger partial charge in [-0.05, 0) is 31.0 Å². The first-order valence-corrected chi connectivity index (χ1v) is 7.00. The second-order valence-corrected chi connectivity index (χ2v) is 5.50. The van der Waals surface area contributed by atoms with Gasteiger partial charge < -0.3 is 4.90 Å². The summed E-state index contributed by atoms with van der Waals surface area (Å²) in [5, 5.41) is 8.56. The average Bonchev–Trinajstić information content (AvgIpc) is 2.42. The van der Waals surface area contributed by atoms with Crippen LogP contribution < -0.4 is 4.90 Å². The molecule has 20 heavy (non-hydrogen) atoms. The number of carbonyl (C=O) groups is 2. The maximum absolute atomic E-state index is 13.9. The number of ketones is 1. The van der Waals surface area contributed by atoms with Crippen molar-refractivity contribution in [1.82, 2.24) is 0 Å². The summed E-state index contributed by atoms with van der Waals surface area (Å²) in [6.45, 7) is 0.378. The highest BCUT2D eigenvalue weighted by Gasteiger charge is 2.35. The lowest BCUT2D eigenvalue weighted by Gasteiger charge is -2.31. The van der Waals surface area contributed by atoms with Gasteiger partial charge in [0.15, 0.2) is 5.78 Å².